The summed E-state index contributed by atoms with van der Waals surface area (Å²) >= 11 is 0. The van der Waals surface area contributed by atoms with Crippen LogP contribution in [0.2, 0.25) is 0 Å². The molecular formula is C13H27N3O. The average molecular weight is 241 g/mol. The summed E-state index contributed by atoms with van der Waals surface area (Å²) in [5, 5.41) is 7.05. The zero-order chi connectivity index (χ0) is 12.7. The Morgan fingerprint density at radius 1 is 1.59 bits per heavy atom. The summed E-state index contributed by atoms with van der Waals surface area (Å²) in [7, 11) is 1.78. The highest BCUT2D eigenvalue weighted by Crippen LogP contribution is 2.17. The third-order valence-corrected chi connectivity index (χ3v) is 3.29. The molecule has 4 nitrogen and oxygen atoms in total. The van der Waals surface area contributed by atoms with Crippen LogP contribution in [-0.4, -0.2) is 32.3 Å². The first kappa shape index (κ1) is 14.3. The van der Waals surface area contributed by atoms with Gasteiger partial charge in [-0.3, -0.25) is 0 Å². The van der Waals surface area contributed by atoms with Gasteiger partial charge in [0.25, 0.3) is 0 Å². The molecule has 0 amide bonds. The second-order valence-corrected chi connectivity index (χ2v) is 4.73. The lowest BCUT2D eigenvalue weighted by molar-refractivity contribution is 0.0960. The van der Waals surface area contributed by atoms with Gasteiger partial charge in [0.05, 0.1) is 6.10 Å². The number of allylic oxidation sites excluding steroid dienone is 1. The van der Waals surface area contributed by atoms with Gasteiger partial charge in [0.2, 0.25) is 0 Å². The van der Waals surface area contributed by atoms with Crippen LogP contribution in [0.25, 0.3) is 0 Å². The number of rotatable bonds is 7. The van der Waals surface area contributed by atoms with Crippen LogP contribution in [0.4, 0.5) is 0 Å². The predicted octanol–water partition coefficient (Wildman–Crippen LogP) is 1.33. The molecule has 17 heavy (non-hydrogen) atoms. The Labute approximate surface area is 105 Å². The maximum absolute atomic E-state index is 5.53. The summed E-state index contributed by atoms with van der Waals surface area (Å²) in [5.74, 6) is 0. The average Bonchev–Trinajstić information content (AvgIpc) is 2.36. The Morgan fingerprint density at radius 3 is 2.94 bits per heavy atom. The molecule has 0 aromatic rings. The van der Waals surface area contributed by atoms with Gasteiger partial charge < -0.3 is 21.1 Å². The molecule has 1 unspecified atom stereocenters. The fraction of sp³-hybridized carbons (Fsp3) is 0.846. The zero-order valence-corrected chi connectivity index (χ0v) is 11.4. The van der Waals surface area contributed by atoms with Crippen molar-refractivity contribution in [2.45, 2.75) is 51.7 Å². The summed E-state index contributed by atoms with van der Waals surface area (Å²) < 4.78 is 5.42. The van der Waals surface area contributed by atoms with Gasteiger partial charge in [-0.05, 0) is 32.7 Å². The maximum atomic E-state index is 5.53. The summed E-state index contributed by atoms with van der Waals surface area (Å²) in [5.41, 5.74) is 8.18. The Kier molecular flexibility index (Phi) is 6.37. The molecule has 0 fully saturated rings. The van der Waals surface area contributed by atoms with E-state index in [1.807, 2.05) is 0 Å². The van der Waals surface area contributed by atoms with E-state index in [0.717, 1.165) is 38.8 Å². The minimum atomic E-state index is 0.287. The molecule has 1 aliphatic rings. The topological polar surface area (TPSA) is 59.3 Å². The van der Waals surface area contributed by atoms with Crippen LogP contribution in [0, 0.1) is 0 Å². The first-order valence-corrected chi connectivity index (χ1v) is 6.66. The molecule has 0 saturated carbocycles. The molecule has 0 spiro atoms. The van der Waals surface area contributed by atoms with Gasteiger partial charge in [-0.15, -0.1) is 0 Å². The van der Waals surface area contributed by atoms with Gasteiger partial charge in [-0.1, -0.05) is 6.92 Å². The molecule has 100 valence electrons. The first-order chi connectivity index (χ1) is 8.21. The normalized spacial score (nSPS) is 22.2. The minimum absolute atomic E-state index is 0.287. The van der Waals surface area contributed by atoms with E-state index in [0.29, 0.717) is 6.04 Å². The Bertz CT molecular complexity index is 253. The Hall–Kier alpha value is -0.740. The summed E-state index contributed by atoms with van der Waals surface area (Å²) in [6.07, 6.45) is 4.51. The molecule has 0 aliphatic carbocycles. The van der Waals surface area contributed by atoms with Crippen LogP contribution in [0.15, 0.2) is 11.4 Å². The molecule has 0 aromatic carbocycles. The highest BCUT2D eigenvalue weighted by molar-refractivity contribution is 5.16. The molecular weight excluding hydrogens is 214 g/mol. The van der Waals surface area contributed by atoms with E-state index < -0.39 is 0 Å². The van der Waals surface area contributed by atoms with E-state index in [4.69, 9.17) is 10.5 Å². The van der Waals surface area contributed by atoms with Crippen molar-refractivity contribution in [2.24, 2.45) is 5.73 Å². The third-order valence-electron chi connectivity index (χ3n) is 3.29. The number of nitrogens with one attached hydrogen (secondary N) is 2. The Morgan fingerprint density at radius 2 is 2.35 bits per heavy atom. The van der Waals surface area contributed by atoms with Crippen molar-refractivity contribution in [3.63, 3.8) is 0 Å². The number of hydrogen-bond donors (Lipinski definition) is 3. The van der Waals surface area contributed by atoms with Crippen LogP contribution in [0.1, 0.15) is 39.5 Å². The van der Waals surface area contributed by atoms with Gasteiger partial charge in [0.1, 0.15) is 0 Å². The van der Waals surface area contributed by atoms with Crippen LogP contribution in [0.5, 0.6) is 0 Å². The van der Waals surface area contributed by atoms with Gasteiger partial charge in [-0.25, -0.2) is 0 Å². The van der Waals surface area contributed by atoms with Gasteiger partial charge in [-0.2, -0.15) is 0 Å². The van der Waals surface area contributed by atoms with Crippen molar-refractivity contribution in [3.05, 3.63) is 11.4 Å². The maximum Gasteiger partial charge on any atom is 0.0798 e. The second-order valence-electron chi connectivity index (χ2n) is 4.73. The lowest BCUT2D eigenvalue weighted by Gasteiger charge is -2.30. The highest BCUT2D eigenvalue weighted by Gasteiger charge is 2.20. The van der Waals surface area contributed by atoms with E-state index in [1.54, 1.807) is 7.11 Å². The number of ether oxygens (including phenoxy) is 1. The van der Waals surface area contributed by atoms with Crippen molar-refractivity contribution < 1.29 is 4.74 Å². The molecule has 0 saturated heterocycles. The van der Waals surface area contributed by atoms with Gasteiger partial charge in [0, 0.05) is 37.5 Å². The van der Waals surface area contributed by atoms with E-state index in [-0.39, 0.29) is 6.10 Å². The molecule has 4 heteroatoms. The number of hydrogen-bond acceptors (Lipinski definition) is 4. The molecule has 4 N–H and O–H groups in total. The molecule has 1 heterocycles. The quantitative estimate of drug-likeness (QED) is 0.629. The number of nitrogens with two attached hydrogens (primary N) is 1. The molecule has 1 aliphatic heterocycles. The minimum Gasteiger partial charge on any atom is -0.384 e. The zero-order valence-electron chi connectivity index (χ0n) is 11.4. The lowest BCUT2D eigenvalue weighted by Crippen LogP contribution is -2.40. The van der Waals surface area contributed by atoms with Gasteiger partial charge in [0.15, 0.2) is 0 Å². The predicted molar refractivity (Wildman–Crippen MR) is 71.6 cm³/mol. The Balaban J connectivity index is 2.54. The summed E-state index contributed by atoms with van der Waals surface area (Å²) in [6, 6.07) is 0.479. The van der Waals surface area contributed by atoms with Crippen LogP contribution in [0.3, 0.4) is 0 Å². The van der Waals surface area contributed by atoms with Crippen LogP contribution in [-0.2, 0) is 4.74 Å². The van der Waals surface area contributed by atoms with E-state index in [1.165, 1.54) is 11.4 Å². The highest BCUT2D eigenvalue weighted by atomic mass is 16.5. The van der Waals surface area contributed by atoms with Crippen molar-refractivity contribution in [1.29, 1.82) is 0 Å². The van der Waals surface area contributed by atoms with Crippen molar-refractivity contribution in [1.82, 2.24) is 10.6 Å². The molecule has 2 atom stereocenters. The fourth-order valence-corrected chi connectivity index (χ4v) is 2.21. The van der Waals surface area contributed by atoms with Crippen LogP contribution < -0.4 is 16.4 Å². The lowest BCUT2D eigenvalue weighted by atomic mass is 10.0. The smallest absolute Gasteiger partial charge is 0.0798 e. The van der Waals surface area contributed by atoms with Crippen molar-refractivity contribution in [2.75, 3.05) is 20.2 Å². The molecule has 0 bridgehead atoms. The van der Waals surface area contributed by atoms with Gasteiger partial charge >= 0.3 is 0 Å². The second kappa shape index (κ2) is 7.56. The van der Waals surface area contributed by atoms with E-state index >= 15 is 0 Å². The monoisotopic (exact) mass is 241 g/mol. The standard InChI is InChI=1S/C13H27N3O/c1-4-12-13(8-11(17-3)9-15-12)16-10(2)6-5-7-14/h10-11,15-16H,4-9,14H2,1-3H3/t10?,11-/m1/s1. The van der Waals surface area contributed by atoms with Crippen molar-refractivity contribution >= 4 is 0 Å². The van der Waals surface area contributed by atoms with Crippen LogP contribution >= 0.6 is 0 Å². The summed E-state index contributed by atoms with van der Waals surface area (Å²) in [6.45, 7) is 6.08. The third kappa shape index (κ3) is 4.56. The first-order valence-electron chi connectivity index (χ1n) is 6.66. The summed E-state index contributed by atoms with van der Waals surface area (Å²) in [4.78, 5) is 0. The molecule has 0 aromatic heterocycles. The fourth-order valence-electron chi connectivity index (χ4n) is 2.21. The molecule has 1 rings (SSSR count). The number of methoxy groups -OCH3 is 1. The van der Waals surface area contributed by atoms with Crippen molar-refractivity contribution in [3.8, 4) is 0 Å². The van der Waals surface area contributed by atoms with E-state index in [2.05, 4.69) is 24.5 Å². The van der Waals surface area contributed by atoms with E-state index in [9.17, 15) is 0 Å². The molecule has 0 radical (unpaired) electrons. The largest absolute Gasteiger partial charge is 0.384 e. The SMILES string of the molecule is CCC1=C(NC(C)CCCN)C[C@@H](OC)CN1.